The number of benzene rings is 2. The Morgan fingerprint density at radius 3 is 1.32 bits per heavy atom. The van der Waals surface area contributed by atoms with Crippen molar-refractivity contribution in [1.82, 2.24) is 20.8 Å². The minimum Gasteiger partial charge on any atom is -0.465 e. The van der Waals surface area contributed by atoms with Crippen molar-refractivity contribution < 1.29 is 28.7 Å². The number of nitrogens with zero attached hydrogens (tertiary/aromatic N) is 2. The van der Waals surface area contributed by atoms with Gasteiger partial charge >= 0.3 is 24.0 Å². The molecule has 4 rings (SSSR count). The van der Waals surface area contributed by atoms with Gasteiger partial charge in [0.2, 0.25) is 0 Å². The van der Waals surface area contributed by atoms with Crippen LogP contribution in [0.4, 0.5) is 21.0 Å². The van der Waals surface area contributed by atoms with Crippen molar-refractivity contribution in [3.63, 3.8) is 0 Å². The van der Waals surface area contributed by atoms with E-state index in [9.17, 15) is 19.2 Å². The van der Waals surface area contributed by atoms with Crippen LogP contribution in [0.2, 0.25) is 0 Å². The Bertz CT molecular complexity index is 1760. The van der Waals surface area contributed by atoms with Crippen LogP contribution in [0.5, 0.6) is 0 Å². The van der Waals surface area contributed by atoms with Gasteiger partial charge in [-0.3, -0.25) is 9.59 Å². The number of urea groups is 2. The number of esters is 2. The lowest BCUT2D eigenvalue weighted by Crippen LogP contribution is -2.30. The van der Waals surface area contributed by atoms with Crippen LogP contribution < -0.4 is 21.5 Å². The standard InChI is InChI=1S/C39H48N8O6/c1-7-39(8-2,31-23-21-29(42-31)33(35(48)52-9-3)25(5)44-46-37(50)40-27-17-13-11-14-18-27)32-24-22-30(43-32)34(36(49)53-10-4)26(6)45-47-38(51)41-28-19-15-12-16-20-28/h11-24,33-34,42-43H,7-10H2,1-6H3,(H2,40,46,50)(H2,41,47,51)/b44-25+,45-26+. The van der Waals surface area contributed by atoms with E-state index in [0.717, 1.165) is 11.4 Å². The Kier molecular flexibility index (Phi) is 14.1. The van der Waals surface area contributed by atoms with E-state index in [1.54, 1.807) is 76.2 Å². The maximum Gasteiger partial charge on any atom is 0.339 e. The van der Waals surface area contributed by atoms with Crippen LogP contribution in [-0.2, 0) is 24.5 Å². The molecule has 53 heavy (non-hydrogen) atoms. The minimum absolute atomic E-state index is 0.161. The number of carbonyl (C=O) groups is 4. The highest BCUT2D eigenvalue weighted by atomic mass is 16.5. The first-order valence-electron chi connectivity index (χ1n) is 17.6. The van der Waals surface area contributed by atoms with Gasteiger partial charge in [0.15, 0.2) is 0 Å². The molecular formula is C39H48N8O6. The summed E-state index contributed by atoms with van der Waals surface area (Å²) in [4.78, 5) is 58.6. The number of hydrogen-bond acceptors (Lipinski definition) is 8. The van der Waals surface area contributed by atoms with Crippen molar-refractivity contribution >= 4 is 46.8 Å². The molecule has 0 saturated heterocycles. The molecule has 2 aromatic carbocycles. The molecule has 6 N–H and O–H groups in total. The van der Waals surface area contributed by atoms with Crippen molar-refractivity contribution in [2.45, 2.75) is 71.6 Å². The molecule has 4 aromatic rings. The van der Waals surface area contributed by atoms with E-state index in [4.69, 9.17) is 9.47 Å². The van der Waals surface area contributed by atoms with E-state index in [2.05, 4.69) is 55.5 Å². The molecule has 0 aliphatic heterocycles. The highest BCUT2D eigenvalue weighted by Crippen LogP contribution is 2.39. The van der Waals surface area contributed by atoms with E-state index in [-0.39, 0.29) is 13.2 Å². The first-order chi connectivity index (χ1) is 25.6. The van der Waals surface area contributed by atoms with Crippen LogP contribution in [0.15, 0.2) is 95.1 Å². The largest absolute Gasteiger partial charge is 0.465 e. The summed E-state index contributed by atoms with van der Waals surface area (Å²) in [6, 6.07) is 24.2. The fourth-order valence-corrected chi connectivity index (χ4v) is 6.14. The number of hydrogen-bond donors (Lipinski definition) is 6. The number of H-pyrrole nitrogens is 2. The van der Waals surface area contributed by atoms with Crippen molar-refractivity contribution in [2.75, 3.05) is 23.8 Å². The van der Waals surface area contributed by atoms with E-state index >= 15 is 0 Å². The minimum atomic E-state index is -0.926. The van der Waals surface area contributed by atoms with Crippen molar-refractivity contribution in [3.05, 3.63) is 108 Å². The summed E-state index contributed by atoms with van der Waals surface area (Å²) in [5, 5.41) is 13.9. The van der Waals surface area contributed by atoms with Crippen molar-refractivity contribution in [2.24, 2.45) is 10.2 Å². The van der Waals surface area contributed by atoms with Gasteiger partial charge in [0.05, 0.1) is 24.6 Å². The Hall–Kier alpha value is -6.18. The zero-order valence-corrected chi connectivity index (χ0v) is 30.9. The summed E-state index contributed by atoms with van der Waals surface area (Å²) < 4.78 is 10.8. The second-order valence-corrected chi connectivity index (χ2v) is 12.2. The lowest BCUT2D eigenvalue weighted by molar-refractivity contribution is -0.144. The van der Waals surface area contributed by atoms with Gasteiger partial charge in [-0.05, 0) is 89.1 Å². The van der Waals surface area contributed by atoms with Crippen LogP contribution in [0.3, 0.4) is 0 Å². The van der Waals surface area contributed by atoms with Crippen LogP contribution >= 0.6 is 0 Å². The van der Waals surface area contributed by atoms with Crippen LogP contribution in [0.25, 0.3) is 0 Å². The number of carbonyl (C=O) groups excluding carboxylic acids is 4. The average Bonchev–Trinajstić information content (AvgIpc) is 3.84. The van der Waals surface area contributed by atoms with Gasteiger partial charge in [0, 0.05) is 39.6 Å². The first-order valence-corrected chi connectivity index (χ1v) is 17.6. The quantitative estimate of drug-likeness (QED) is 0.0404. The molecule has 280 valence electrons. The molecule has 0 aliphatic rings. The SMILES string of the molecule is CCOC(=O)C(/C(C)=N/NC(=O)Nc1ccccc1)c1ccc(C(CC)(CC)c2ccc(C(C(=O)OCC)/C(C)=N/NC(=O)Nc3ccccc3)[nH]2)[nH]1. The van der Waals surface area contributed by atoms with Gasteiger partial charge in [-0.25, -0.2) is 20.4 Å². The topological polar surface area (TPSA) is 191 Å². The fourth-order valence-electron chi connectivity index (χ4n) is 6.14. The molecule has 2 aromatic heterocycles. The van der Waals surface area contributed by atoms with Gasteiger partial charge in [0.25, 0.3) is 0 Å². The number of para-hydroxylation sites is 2. The molecule has 0 saturated carbocycles. The molecular weight excluding hydrogens is 676 g/mol. The predicted octanol–water partition coefficient (Wildman–Crippen LogP) is 7.14. The number of hydrazone groups is 2. The number of ether oxygens (including phenoxy) is 2. The van der Waals surface area contributed by atoms with Gasteiger partial charge in [-0.2, -0.15) is 10.2 Å². The number of aromatic amines is 2. The van der Waals surface area contributed by atoms with Gasteiger partial charge in [0.1, 0.15) is 11.8 Å². The third-order valence-corrected chi connectivity index (χ3v) is 8.89. The van der Waals surface area contributed by atoms with Crippen molar-refractivity contribution in [1.29, 1.82) is 0 Å². The number of aromatic nitrogens is 2. The predicted molar refractivity (Wildman–Crippen MR) is 205 cm³/mol. The van der Waals surface area contributed by atoms with Gasteiger partial charge in [-0.15, -0.1) is 0 Å². The third kappa shape index (κ3) is 10.00. The second kappa shape index (κ2) is 18.9. The Morgan fingerprint density at radius 1 is 0.604 bits per heavy atom. The highest BCUT2D eigenvalue weighted by molar-refractivity contribution is 6.07. The summed E-state index contributed by atoms with van der Waals surface area (Å²) in [7, 11) is 0. The molecule has 0 fully saturated rings. The number of anilines is 2. The summed E-state index contributed by atoms with van der Waals surface area (Å²) in [5.41, 5.74) is 8.88. The van der Waals surface area contributed by atoms with Gasteiger partial charge < -0.3 is 30.1 Å². The van der Waals surface area contributed by atoms with Crippen LogP contribution in [-0.4, -0.2) is 58.6 Å². The molecule has 14 heteroatoms. The normalized spacial score (nSPS) is 13.0. The molecule has 4 amide bonds. The van der Waals surface area contributed by atoms with Crippen LogP contribution in [0.1, 0.15) is 89.0 Å². The van der Waals surface area contributed by atoms with E-state index in [1.165, 1.54) is 0 Å². The first kappa shape index (κ1) is 39.6. The average molecular weight is 725 g/mol. The van der Waals surface area contributed by atoms with Crippen LogP contribution in [0, 0.1) is 0 Å². The molecule has 2 atom stereocenters. The molecule has 0 radical (unpaired) electrons. The number of nitrogens with one attached hydrogen (secondary N) is 6. The van der Waals surface area contributed by atoms with Crippen molar-refractivity contribution in [3.8, 4) is 0 Å². The van der Waals surface area contributed by atoms with E-state index < -0.39 is 41.3 Å². The lowest BCUT2D eigenvalue weighted by Gasteiger charge is -2.30. The highest BCUT2D eigenvalue weighted by Gasteiger charge is 2.37. The van der Waals surface area contributed by atoms with Gasteiger partial charge in [-0.1, -0.05) is 50.2 Å². The Balaban J connectivity index is 1.61. The summed E-state index contributed by atoms with van der Waals surface area (Å²) in [6.45, 7) is 11.2. The maximum absolute atomic E-state index is 13.3. The molecule has 0 bridgehead atoms. The molecule has 14 nitrogen and oxygen atoms in total. The summed E-state index contributed by atoms with van der Waals surface area (Å²) in [6.07, 6.45) is 1.31. The summed E-state index contributed by atoms with van der Waals surface area (Å²) >= 11 is 0. The smallest absolute Gasteiger partial charge is 0.339 e. The van der Waals surface area contributed by atoms with E-state index in [1.807, 2.05) is 36.4 Å². The Labute approximate surface area is 309 Å². The van der Waals surface area contributed by atoms with E-state index in [0.29, 0.717) is 47.0 Å². The number of rotatable bonds is 16. The Morgan fingerprint density at radius 2 is 0.981 bits per heavy atom. The molecule has 2 unspecified atom stereocenters. The molecule has 0 aliphatic carbocycles. The zero-order valence-electron chi connectivity index (χ0n) is 30.9. The zero-order chi connectivity index (χ0) is 38.4. The second-order valence-electron chi connectivity index (χ2n) is 12.2. The maximum atomic E-state index is 13.3. The fraction of sp³-hybridized carbons (Fsp3) is 0.333. The molecule has 0 spiro atoms. The summed E-state index contributed by atoms with van der Waals surface area (Å²) in [5.74, 6) is -2.90. The monoisotopic (exact) mass is 724 g/mol. The number of amides is 4. The molecule has 2 heterocycles. The third-order valence-electron chi connectivity index (χ3n) is 8.89. The lowest BCUT2D eigenvalue weighted by atomic mass is 9.76.